The van der Waals surface area contributed by atoms with Crippen molar-refractivity contribution in [3.8, 4) is 0 Å². The van der Waals surface area contributed by atoms with Crippen molar-refractivity contribution in [3.05, 3.63) is 39.9 Å². The summed E-state index contributed by atoms with van der Waals surface area (Å²) in [6.45, 7) is 3.52. The Morgan fingerprint density at radius 2 is 1.95 bits per heavy atom. The summed E-state index contributed by atoms with van der Waals surface area (Å²) in [6.07, 6.45) is 2.99. The number of hydrogen-bond acceptors (Lipinski definition) is 2. The van der Waals surface area contributed by atoms with E-state index in [1.54, 1.807) is 24.3 Å². The number of primary amides is 1. The fourth-order valence-electron chi connectivity index (χ4n) is 1.56. The number of amides is 2. The van der Waals surface area contributed by atoms with Crippen LogP contribution in [0.4, 0.5) is 0 Å². The van der Waals surface area contributed by atoms with Crippen LogP contribution in [0.2, 0.25) is 10.0 Å². The summed E-state index contributed by atoms with van der Waals surface area (Å²) in [6, 6.07) is 4.93. The predicted molar refractivity (Wildman–Crippen MR) is 81.5 cm³/mol. The molecule has 0 heterocycles. The summed E-state index contributed by atoms with van der Waals surface area (Å²) in [5.74, 6) is -0.833. The van der Waals surface area contributed by atoms with Crippen molar-refractivity contribution < 1.29 is 9.59 Å². The fraction of sp³-hybridized carbons (Fsp3) is 0.286. The molecule has 0 bridgehead atoms. The van der Waals surface area contributed by atoms with Gasteiger partial charge in [-0.15, -0.1) is 0 Å². The molecule has 0 saturated heterocycles. The van der Waals surface area contributed by atoms with Gasteiger partial charge < -0.3 is 10.6 Å². The number of halogens is 2. The number of hydrogen-bond donors (Lipinski definition) is 1. The smallest absolute Gasteiger partial charge is 0.247 e. The van der Waals surface area contributed by atoms with Crippen molar-refractivity contribution in [2.75, 3.05) is 6.54 Å². The molecule has 0 atom stereocenters. The highest BCUT2D eigenvalue weighted by molar-refractivity contribution is 6.42. The lowest BCUT2D eigenvalue weighted by Gasteiger charge is -2.23. The molecule has 6 heteroatoms. The molecule has 1 aromatic rings. The molecule has 0 radical (unpaired) electrons. The SMILES string of the molecule is CC(C)N(CC(N)=O)C(=O)/C=C/c1ccc(Cl)c(Cl)c1. The number of rotatable bonds is 5. The Hall–Kier alpha value is -1.52. The minimum Gasteiger partial charge on any atom is -0.368 e. The van der Waals surface area contributed by atoms with Crippen LogP contribution < -0.4 is 5.73 Å². The molecule has 0 spiro atoms. The van der Waals surface area contributed by atoms with Crippen molar-refractivity contribution in [2.24, 2.45) is 5.73 Å². The molecule has 1 aromatic carbocycles. The van der Waals surface area contributed by atoms with Gasteiger partial charge in [0.25, 0.3) is 0 Å². The van der Waals surface area contributed by atoms with Crippen LogP contribution in [0.1, 0.15) is 19.4 Å². The molecule has 4 nitrogen and oxygen atoms in total. The van der Waals surface area contributed by atoms with Gasteiger partial charge in [-0.25, -0.2) is 0 Å². The van der Waals surface area contributed by atoms with Crippen LogP contribution >= 0.6 is 23.2 Å². The van der Waals surface area contributed by atoms with Crippen LogP contribution in [0.25, 0.3) is 6.08 Å². The van der Waals surface area contributed by atoms with E-state index in [0.717, 1.165) is 5.56 Å². The van der Waals surface area contributed by atoms with Gasteiger partial charge >= 0.3 is 0 Å². The minimum absolute atomic E-state index is 0.109. The molecular formula is C14H16Cl2N2O2. The Morgan fingerprint density at radius 3 is 2.45 bits per heavy atom. The highest BCUT2D eigenvalue weighted by Crippen LogP contribution is 2.23. The Labute approximate surface area is 128 Å². The molecular weight excluding hydrogens is 299 g/mol. The van der Waals surface area contributed by atoms with Gasteiger partial charge in [0.1, 0.15) is 0 Å². The molecule has 0 aliphatic rings. The van der Waals surface area contributed by atoms with Crippen LogP contribution in [-0.2, 0) is 9.59 Å². The van der Waals surface area contributed by atoms with E-state index in [9.17, 15) is 9.59 Å². The van der Waals surface area contributed by atoms with E-state index in [1.165, 1.54) is 11.0 Å². The van der Waals surface area contributed by atoms with E-state index in [-0.39, 0.29) is 18.5 Å². The summed E-state index contributed by atoms with van der Waals surface area (Å²) >= 11 is 11.7. The van der Waals surface area contributed by atoms with E-state index >= 15 is 0 Å². The van der Waals surface area contributed by atoms with Gasteiger partial charge in [0.15, 0.2) is 0 Å². The Morgan fingerprint density at radius 1 is 1.30 bits per heavy atom. The van der Waals surface area contributed by atoms with Crippen molar-refractivity contribution in [1.82, 2.24) is 4.90 Å². The highest BCUT2D eigenvalue weighted by atomic mass is 35.5. The van der Waals surface area contributed by atoms with Crippen molar-refractivity contribution in [1.29, 1.82) is 0 Å². The molecule has 0 aromatic heterocycles. The van der Waals surface area contributed by atoms with Crippen molar-refractivity contribution in [2.45, 2.75) is 19.9 Å². The molecule has 1 rings (SSSR count). The van der Waals surface area contributed by atoms with Crippen LogP contribution in [0.15, 0.2) is 24.3 Å². The van der Waals surface area contributed by atoms with Crippen LogP contribution in [0.5, 0.6) is 0 Å². The largest absolute Gasteiger partial charge is 0.368 e. The molecule has 0 aliphatic carbocycles. The topological polar surface area (TPSA) is 63.4 Å². The first kappa shape index (κ1) is 16.5. The average molecular weight is 315 g/mol. The van der Waals surface area contributed by atoms with Crippen LogP contribution in [-0.4, -0.2) is 29.3 Å². The van der Waals surface area contributed by atoms with Gasteiger partial charge in [0.05, 0.1) is 16.6 Å². The van der Waals surface area contributed by atoms with E-state index in [4.69, 9.17) is 28.9 Å². The molecule has 0 aliphatic heterocycles. The number of nitrogens with two attached hydrogens (primary N) is 1. The summed E-state index contributed by atoms with van der Waals surface area (Å²) in [4.78, 5) is 24.4. The quantitative estimate of drug-likeness (QED) is 0.849. The number of carbonyl (C=O) groups is 2. The third kappa shape index (κ3) is 4.87. The molecule has 2 amide bonds. The molecule has 0 saturated carbocycles. The first-order valence-corrected chi connectivity index (χ1v) is 6.79. The highest BCUT2D eigenvalue weighted by Gasteiger charge is 2.16. The lowest BCUT2D eigenvalue weighted by atomic mass is 10.2. The van der Waals surface area contributed by atoms with E-state index < -0.39 is 5.91 Å². The van der Waals surface area contributed by atoms with E-state index in [0.29, 0.717) is 10.0 Å². The summed E-state index contributed by atoms with van der Waals surface area (Å²) < 4.78 is 0. The van der Waals surface area contributed by atoms with Crippen LogP contribution in [0.3, 0.4) is 0 Å². The predicted octanol–water partition coefficient (Wildman–Crippen LogP) is 2.73. The van der Waals surface area contributed by atoms with Gasteiger partial charge in [-0.1, -0.05) is 29.3 Å². The molecule has 108 valence electrons. The molecule has 0 unspecified atom stereocenters. The lowest BCUT2D eigenvalue weighted by Crippen LogP contribution is -2.41. The second kappa shape index (κ2) is 7.31. The maximum absolute atomic E-state index is 12.0. The van der Waals surface area contributed by atoms with Gasteiger partial charge in [-0.3, -0.25) is 9.59 Å². The summed E-state index contributed by atoms with van der Waals surface area (Å²) in [5, 5.41) is 0.867. The maximum atomic E-state index is 12.0. The summed E-state index contributed by atoms with van der Waals surface area (Å²) in [5.41, 5.74) is 5.87. The minimum atomic E-state index is -0.546. The second-order valence-electron chi connectivity index (χ2n) is 4.53. The van der Waals surface area contributed by atoms with E-state index in [2.05, 4.69) is 0 Å². The Balaban J connectivity index is 2.83. The van der Waals surface area contributed by atoms with Gasteiger partial charge in [-0.05, 0) is 37.6 Å². The first-order chi connectivity index (χ1) is 9.31. The van der Waals surface area contributed by atoms with Crippen molar-refractivity contribution in [3.63, 3.8) is 0 Å². The third-order valence-electron chi connectivity index (χ3n) is 2.59. The van der Waals surface area contributed by atoms with Gasteiger partial charge in [0.2, 0.25) is 11.8 Å². The normalized spacial score (nSPS) is 11.1. The van der Waals surface area contributed by atoms with Gasteiger partial charge in [-0.2, -0.15) is 0 Å². The number of nitrogens with zero attached hydrogens (tertiary/aromatic N) is 1. The Kier molecular flexibility index (Phi) is 6.05. The third-order valence-corrected chi connectivity index (χ3v) is 3.33. The van der Waals surface area contributed by atoms with Crippen molar-refractivity contribution >= 4 is 41.1 Å². The summed E-state index contributed by atoms with van der Waals surface area (Å²) in [7, 11) is 0. The fourth-order valence-corrected chi connectivity index (χ4v) is 1.87. The zero-order chi connectivity index (χ0) is 15.3. The average Bonchev–Trinajstić information content (AvgIpc) is 2.36. The standard InChI is InChI=1S/C14H16Cl2N2O2/c1-9(2)18(8-13(17)19)14(20)6-4-10-3-5-11(15)12(16)7-10/h3-7,9H,8H2,1-2H3,(H2,17,19)/b6-4+. The monoisotopic (exact) mass is 314 g/mol. The molecule has 20 heavy (non-hydrogen) atoms. The number of benzene rings is 1. The molecule has 0 fully saturated rings. The molecule has 2 N–H and O–H groups in total. The van der Waals surface area contributed by atoms with Gasteiger partial charge in [0, 0.05) is 12.1 Å². The zero-order valence-corrected chi connectivity index (χ0v) is 12.8. The van der Waals surface area contributed by atoms with E-state index in [1.807, 2.05) is 13.8 Å². The maximum Gasteiger partial charge on any atom is 0.247 e. The second-order valence-corrected chi connectivity index (χ2v) is 5.35. The lowest BCUT2D eigenvalue weighted by molar-refractivity contribution is -0.132. The number of carbonyl (C=O) groups excluding carboxylic acids is 2. The zero-order valence-electron chi connectivity index (χ0n) is 11.3. The van der Waals surface area contributed by atoms with Crippen LogP contribution in [0, 0.1) is 0 Å². The first-order valence-electron chi connectivity index (χ1n) is 6.03. The Bertz CT molecular complexity index is 542.